The van der Waals surface area contributed by atoms with E-state index in [1.807, 2.05) is 0 Å². The van der Waals surface area contributed by atoms with Gasteiger partial charge in [0.2, 0.25) is 0 Å². The van der Waals surface area contributed by atoms with Crippen LogP contribution >= 0.6 is 11.6 Å². The molecule has 0 bridgehead atoms. The van der Waals surface area contributed by atoms with E-state index in [9.17, 15) is 17.6 Å². The predicted molar refractivity (Wildman–Crippen MR) is 113 cm³/mol. The molecule has 156 valence electrons. The highest BCUT2D eigenvalue weighted by atomic mass is 35.5. The number of amides is 1. The lowest BCUT2D eigenvalue weighted by Gasteiger charge is -2.10. The summed E-state index contributed by atoms with van der Waals surface area (Å²) in [4.78, 5) is 12.2. The maximum atomic E-state index is 13.0. The van der Waals surface area contributed by atoms with Crippen LogP contribution < -0.4 is 14.8 Å². The van der Waals surface area contributed by atoms with E-state index in [-0.39, 0.29) is 29.3 Å². The van der Waals surface area contributed by atoms with Crippen molar-refractivity contribution in [1.29, 1.82) is 0 Å². The molecule has 0 aliphatic heterocycles. The molecule has 2 N–H and O–H groups in total. The summed E-state index contributed by atoms with van der Waals surface area (Å²) < 4.78 is 45.9. The topological polar surface area (TPSA) is 84.5 Å². The van der Waals surface area contributed by atoms with Gasteiger partial charge in [0.25, 0.3) is 15.9 Å². The van der Waals surface area contributed by atoms with E-state index in [0.29, 0.717) is 10.8 Å². The van der Waals surface area contributed by atoms with Crippen LogP contribution in [0.25, 0.3) is 0 Å². The van der Waals surface area contributed by atoms with E-state index in [1.54, 1.807) is 24.3 Å². The molecule has 3 rings (SSSR count). The minimum Gasteiger partial charge on any atom is -0.492 e. The van der Waals surface area contributed by atoms with Gasteiger partial charge in [-0.2, -0.15) is 0 Å². The number of halogens is 2. The first-order valence-corrected chi connectivity index (χ1v) is 10.7. The van der Waals surface area contributed by atoms with Crippen LogP contribution in [-0.2, 0) is 10.0 Å². The lowest BCUT2D eigenvalue weighted by molar-refractivity contribution is 0.0947. The highest BCUT2D eigenvalue weighted by Gasteiger charge is 2.16. The van der Waals surface area contributed by atoms with Crippen molar-refractivity contribution in [2.45, 2.75) is 4.90 Å². The molecule has 0 spiro atoms. The highest BCUT2D eigenvalue weighted by Crippen LogP contribution is 2.18. The number of sulfonamides is 1. The fraction of sp³-hybridized carbons (Fsp3) is 0.0952. The Morgan fingerprint density at radius 1 is 1.00 bits per heavy atom. The minimum absolute atomic E-state index is 0.0862. The number of anilines is 1. The lowest BCUT2D eigenvalue weighted by atomic mass is 10.2. The lowest BCUT2D eigenvalue weighted by Crippen LogP contribution is -2.28. The zero-order chi connectivity index (χ0) is 21.6. The summed E-state index contributed by atoms with van der Waals surface area (Å²) in [5, 5.41) is 3.26. The number of rotatable bonds is 8. The van der Waals surface area contributed by atoms with Gasteiger partial charge in [0.1, 0.15) is 18.2 Å². The summed E-state index contributed by atoms with van der Waals surface area (Å²) >= 11 is 5.80. The van der Waals surface area contributed by atoms with Gasteiger partial charge in [-0.1, -0.05) is 17.7 Å². The van der Waals surface area contributed by atoms with Crippen molar-refractivity contribution in [3.8, 4) is 5.75 Å². The summed E-state index contributed by atoms with van der Waals surface area (Å²) in [7, 11) is -3.93. The molecule has 0 heterocycles. The molecule has 0 atom stereocenters. The highest BCUT2D eigenvalue weighted by molar-refractivity contribution is 7.92. The van der Waals surface area contributed by atoms with Crippen LogP contribution in [0.3, 0.4) is 0 Å². The molecule has 0 radical (unpaired) electrons. The summed E-state index contributed by atoms with van der Waals surface area (Å²) in [6, 6.07) is 17.3. The standard InChI is InChI=1S/C21H18ClFN2O4S/c22-16-4-10-19(11-5-16)29-13-12-24-21(26)15-2-1-3-20(14-15)30(27,28)25-18-8-6-17(23)7-9-18/h1-11,14,25H,12-13H2,(H,24,26). The first-order chi connectivity index (χ1) is 14.3. The van der Waals surface area contributed by atoms with Crippen LogP contribution in [-0.4, -0.2) is 27.5 Å². The average molecular weight is 449 g/mol. The molecule has 0 aliphatic rings. The van der Waals surface area contributed by atoms with Crippen molar-refractivity contribution in [3.63, 3.8) is 0 Å². The first-order valence-electron chi connectivity index (χ1n) is 8.88. The van der Waals surface area contributed by atoms with Gasteiger partial charge in [0.05, 0.1) is 11.4 Å². The van der Waals surface area contributed by atoms with Crippen molar-refractivity contribution in [1.82, 2.24) is 5.32 Å². The Balaban J connectivity index is 1.58. The zero-order valence-corrected chi connectivity index (χ0v) is 17.2. The number of benzene rings is 3. The van der Waals surface area contributed by atoms with Crippen molar-refractivity contribution in [2.24, 2.45) is 0 Å². The van der Waals surface area contributed by atoms with Crippen LogP contribution in [0.5, 0.6) is 5.75 Å². The van der Waals surface area contributed by atoms with Gasteiger partial charge >= 0.3 is 0 Å². The molecule has 0 aromatic heterocycles. The summed E-state index contributed by atoms with van der Waals surface area (Å²) in [6.45, 7) is 0.462. The monoisotopic (exact) mass is 448 g/mol. The molecule has 0 saturated carbocycles. The molecular formula is C21H18ClFN2O4S. The van der Waals surface area contributed by atoms with E-state index in [4.69, 9.17) is 16.3 Å². The fourth-order valence-corrected chi connectivity index (χ4v) is 3.73. The maximum Gasteiger partial charge on any atom is 0.261 e. The van der Waals surface area contributed by atoms with Gasteiger partial charge in [-0.05, 0) is 66.7 Å². The normalized spacial score (nSPS) is 11.0. The third kappa shape index (κ3) is 5.95. The summed E-state index contributed by atoms with van der Waals surface area (Å²) in [5.74, 6) is -0.293. The SMILES string of the molecule is O=C(NCCOc1ccc(Cl)cc1)c1cccc(S(=O)(=O)Nc2ccc(F)cc2)c1. The number of hydrogen-bond acceptors (Lipinski definition) is 4. The number of hydrogen-bond donors (Lipinski definition) is 2. The molecule has 0 unspecified atom stereocenters. The fourth-order valence-electron chi connectivity index (χ4n) is 2.50. The zero-order valence-electron chi connectivity index (χ0n) is 15.6. The van der Waals surface area contributed by atoms with Crippen molar-refractivity contribution >= 4 is 33.2 Å². The van der Waals surface area contributed by atoms with Crippen LogP contribution in [0.15, 0.2) is 77.7 Å². The number of ether oxygens (including phenoxy) is 1. The number of nitrogens with one attached hydrogen (secondary N) is 2. The molecule has 0 fully saturated rings. The molecule has 9 heteroatoms. The van der Waals surface area contributed by atoms with Crippen LogP contribution in [0.1, 0.15) is 10.4 Å². The third-order valence-electron chi connectivity index (χ3n) is 3.97. The minimum atomic E-state index is -3.93. The molecular weight excluding hydrogens is 431 g/mol. The van der Waals surface area contributed by atoms with Gasteiger partial charge in [0.15, 0.2) is 0 Å². The van der Waals surface area contributed by atoms with Crippen molar-refractivity contribution in [2.75, 3.05) is 17.9 Å². The Hall–Kier alpha value is -3.10. The van der Waals surface area contributed by atoms with E-state index < -0.39 is 21.7 Å². The second-order valence-electron chi connectivity index (χ2n) is 6.20. The van der Waals surface area contributed by atoms with E-state index in [0.717, 1.165) is 12.1 Å². The summed E-state index contributed by atoms with van der Waals surface area (Å²) in [5.41, 5.74) is 0.397. The number of carbonyl (C=O) groups excluding carboxylic acids is 1. The van der Waals surface area contributed by atoms with Gasteiger partial charge in [0, 0.05) is 16.3 Å². The van der Waals surface area contributed by atoms with Crippen LogP contribution in [0.4, 0.5) is 10.1 Å². The van der Waals surface area contributed by atoms with Crippen molar-refractivity contribution in [3.05, 3.63) is 89.2 Å². The largest absolute Gasteiger partial charge is 0.492 e. The van der Waals surface area contributed by atoms with E-state index in [1.165, 1.54) is 36.4 Å². The van der Waals surface area contributed by atoms with E-state index >= 15 is 0 Å². The molecule has 3 aromatic carbocycles. The van der Waals surface area contributed by atoms with Gasteiger partial charge in [-0.25, -0.2) is 12.8 Å². The predicted octanol–water partition coefficient (Wildman–Crippen LogP) is 4.09. The molecule has 0 saturated heterocycles. The second kappa shape index (κ2) is 9.60. The maximum absolute atomic E-state index is 13.0. The molecule has 6 nitrogen and oxygen atoms in total. The van der Waals surface area contributed by atoms with Gasteiger partial charge < -0.3 is 10.1 Å². The molecule has 3 aromatic rings. The van der Waals surface area contributed by atoms with Crippen LogP contribution in [0.2, 0.25) is 5.02 Å². The summed E-state index contributed by atoms with van der Waals surface area (Å²) in [6.07, 6.45) is 0. The van der Waals surface area contributed by atoms with Gasteiger partial charge in [-0.3, -0.25) is 9.52 Å². The average Bonchev–Trinajstić information content (AvgIpc) is 2.74. The molecule has 1 amide bonds. The smallest absolute Gasteiger partial charge is 0.261 e. The first kappa shape index (κ1) is 21.6. The molecule has 0 aliphatic carbocycles. The van der Waals surface area contributed by atoms with E-state index in [2.05, 4.69) is 10.0 Å². The second-order valence-corrected chi connectivity index (χ2v) is 8.32. The Morgan fingerprint density at radius 2 is 1.70 bits per heavy atom. The van der Waals surface area contributed by atoms with Crippen LogP contribution in [0, 0.1) is 5.82 Å². The van der Waals surface area contributed by atoms with Crippen molar-refractivity contribution < 1.29 is 22.3 Å². The Kier molecular flexibility index (Phi) is 6.91. The Labute approximate surface area is 178 Å². The Morgan fingerprint density at radius 3 is 2.40 bits per heavy atom. The quantitative estimate of drug-likeness (QED) is 0.508. The Bertz CT molecular complexity index is 1120. The third-order valence-corrected chi connectivity index (χ3v) is 5.60. The number of carbonyl (C=O) groups is 1. The van der Waals surface area contributed by atoms with Gasteiger partial charge in [-0.15, -0.1) is 0 Å². The molecule has 30 heavy (non-hydrogen) atoms.